The van der Waals surface area contributed by atoms with Gasteiger partial charge in [0.25, 0.3) is 0 Å². The molecule has 1 rings (SSSR count). The van der Waals surface area contributed by atoms with Crippen LogP contribution in [0, 0.1) is 0 Å². The molecule has 4 heteroatoms. The number of benzene rings is 1. The summed E-state index contributed by atoms with van der Waals surface area (Å²) in [5, 5.41) is 9.68. The Morgan fingerprint density at radius 3 is 2.53 bits per heavy atom. The number of aliphatic hydroxyl groups is 1. The molecule has 0 saturated heterocycles. The van der Waals surface area contributed by atoms with Crippen molar-refractivity contribution in [3.05, 3.63) is 29.3 Å². The average Bonchev–Trinajstić information content (AvgIpc) is 2.26. The standard InChI is InChI=1S/C11H14Cl2O2/c1-3-7-6-8(10(14)11(12)13)4-5-9(7)15-2/h4-6,10-11,14H,3H2,1-2H3. The van der Waals surface area contributed by atoms with Gasteiger partial charge >= 0.3 is 0 Å². The maximum absolute atomic E-state index is 9.68. The first-order chi connectivity index (χ1) is 7.10. The number of hydrogen-bond acceptors (Lipinski definition) is 2. The minimum absolute atomic E-state index is 0.711. The molecule has 0 aliphatic rings. The number of hydrogen-bond donors (Lipinski definition) is 1. The second kappa shape index (κ2) is 5.59. The van der Waals surface area contributed by atoms with E-state index in [4.69, 9.17) is 27.9 Å². The minimum atomic E-state index is -0.857. The molecule has 0 saturated carbocycles. The fourth-order valence-electron chi connectivity index (χ4n) is 1.40. The number of halogens is 2. The average molecular weight is 249 g/mol. The molecule has 15 heavy (non-hydrogen) atoms. The lowest BCUT2D eigenvalue weighted by atomic mass is 10.0. The van der Waals surface area contributed by atoms with Gasteiger partial charge in [-0.3, -0.25) is 0 Å². The molecule has 2 nitrogen and oxygen atoms in total. The lowest BCUT2D eigenvalue weighted by Crippen LogP contribution is -2.06. The number of rotatable bonds is 4. The molecule has 1 N–H and O–H groups in total. The van der Waals surface area contributed by atoms with Crippen molar-refractivity contribution in [3.8, 4) is 5.75 Å². The van der Waals surface area contributed by atoms with E-state index in [1.54, 1.807) is 13.2 Å². The summed E-state index contributed by atoms with van der Waals surface area (Å²) in [7, 11) is 1.62. The molecule has 0 radical (unpaired) electrons. The van der Waals surface area contributed by atoms with Crippen LogP contribution < -0.4 is 4.74 Å². The first-order valence-electron chi connectivity index (χ1n) is 4.73. The molecular weight excluding hydrogens is 235 g/mol. The maximum Gasteiger partial charge on any atom is 0.137 e. The summed E-state index contributed by atoms with van der Waals surface area (Å²) in [6.45, 7) is 2.02. The van der Waals surface area contributed by atoms with E-state index >= 15 is 0 Å². The Kier molecular flexibility index (Phi) is 4.71. The number of aryl methyl sites for hydroxylation is 1. The van der Waals surface area contributed by atoms with Crippen molar-refractivity contribution in [1.29, 1.82) is 0 Å². The molecule has 84 valence electrons. The van der Waals surface area contributed by atoms with Crippen LogP contribution >= 0.6 is 23.2 Å². The molecule has 1 aromatic carbocycles. The lowest BCUT2D eigenvalue weighted by molar-refractivity contribution is 0.192. The van der Waals surface area contributed by atoms with Crippen molar-refractivity contribution in [2.24, 2.45) is 0 Å². The molecule has 0 spiro atoms. The van der Waals surface area contributed by atoms with Crippen molar-refractivity contribution in [2.75, 3.05) is 7.11 Å². The van der Waals surface area contributed by atoms with E-state index < -0.39 is 10.9 Å². The molecular formula is C11H14Cl2O2. The second-order valence-electron chi connectivity index (χ2n) is 3.20. The summed E-state index contributed by atoms with van der Waals surface area (Å²) in [5.41, 5.74) is 1.74. The Morgan fingerprint density at radius 1 is 1.40 bits per heavy atom. The van der Waals surface area contributed by atoms with Gasteiger partial charge in [0.15, 0.2) is 0 Å². The fraction of sp³-hybridized carbons (Fsp3) is 0.455. The molecule has 0 bridgehead atoms. The SMILES string of the molecule is CCc1cc(C(O)C(Cl)Cl)ccc1OC. The van der Waals surface area contributed by atoms with Crippen molar-refractivity contribution in [2.45, 2.75) is 24.3 Å². The highest BCUT2D eigenvalue weighted by molar-refractivity contribution is 6.44. The molecule has 0 aromatic heterocycles. The molecule has 0 aliphatic carbocycles. The molecule has 0 fully saturated rings. The van der Waals surface area contributed by atoms with E-state index in [-0.39, 0.29) is 0 Å². The van der Waals surface area contributed by atoms with Gasteiger partial charge in [-0.05, 0) is 29.7 Å². The van der Waals surface area contributed by atoms with Crippen LogP contribution in [0.1, 0.15) is 24.2 Å². The molecule has 0 amide bonds. The lowest BCUT2D eigenvalue weighted by Gasteiger charge is -2.14. The van der Waals surface area contributed by atoms with Crippen LogP contribution in [0.4, 0.5) is 0 Å². The van der Waals surface area contributed by atoms with E-state index in [9.17, 15) is 5.11 Å². The zero-order valence-electron chi connectivity index (χ0n) is 8.71. The van der Waals surface area contributed by atoms with E-state index in [1.165, 1.54) is 0 Å². The Hall–Kier alpha value is -0.440. The highest BCUT2D eigenvalue weighted by Crippen LogP contribution is 2.28. The van der Waals surface area contributed by atoms with Crippen LogP contribution in [-0.2, 0) is 6.42 Å². The highest BCUT2D eigenvalue weighted by Gasteiger charge is 2.16. The maximum atomic E-state index is 9.68. The van der Waals surface area contributed by atoms with Gasteiger partial charge in [-0.1, -0.05) is 13.0 Å². The summed E-state index contributed by atoms with van der Waals surface area (Å²) in [6, 6.07) is 5.44. The van der Waals surface area contributed by atoms with Gasteiger partial charge in [0, 0.05) is 0 Å². The first-order valence-corrected chi connectivity index (χ1v) is 5.60. The van der Waals surface area contributed by atoms with Gasteiger partial charge in [-0.15, -0.1) is 23.2 Å². The Morgan fingerprint density at radius 2 is 2.07 bits per heavy atom. The third-order valence-electron chi connectivity index (χ3n) is 2.27. The topological polar surface area (TPSA) is 29.5 Å². The van der Waals surface area contributed by atoms with E-state index in [0.717, 1.165) is 17.7 Å². The fourth-order valence-corrected chi connectivity index (χ4v) is 1.70. The van der Waals surface area contributed by atoms with Crippen LogP contribution in [-0.4, -0.2) is 17.1 Å². The smallest absolute Gasteiger partial charge is 0.137 e. The van der Waals surface area contributed by atoms with E-state index in [1.807, 2.05) is 19.1 Å². The van der Waals surface area contributed by atoms with Crippen LogP contribution in [0.25, 0.3) is 0 Å². The van der Waals surface area contributed by atoms with Crippen LogP contribution in [0.15, 0.2) is 18.2 Å². The van der Waals surface area contributed by atoms with Gasteiger partial charge in [0.05, 0.1) is 7.11 Å². The zero-order valence-corrected chi connectivity index (χ0v) is 10.2. The zero-order chi connectivity index (χ0) is 11.4. The minimum Gasteiger partial charge on any atom is -0.496 e. The Balaban J connectivity index is 3.02. The molecule has 1 aromatic rings. The van der Waals surface area contributed by atoms with Crippen molar-refractivity contribution < 1.29 is 9.84 Å². The molecule has 1 atom stereocenters. The third-order valence-corrected chi connectivity index (χ3v) is 2.74. The van der Waals surface area contributed by atoms with Crippen LogP contribution in [0.2, 0.25) is 0 Å². The normalized spacial score (nSPS) is 12.9. The van der Waals surface area contributed by atoms with Gasteiger partial charge in [-0.25, -0.2) is 0 Å². The second-order valence-corrected chi connectivity index (χ2v) is 4.37. The van der Waals surface area contributed by atoms with Gasteiger partial charge in [-0.2, -0.15) is 0 Å². The Bertz CT molecular complexity index is 326. The van der Waals surface area contributed by atoms with Crippen molar-refractivity contribution in [1.82, 2.24) is 0 Å². The summed E-state index contributed by atoms with van der Waals surface area (Å²) in [6.07, 6.45) is -0.0246. The predicted molar refractivity (Wildman–Crippen MR) is 62.8 cm³/mol. The predicted octanol–water partition coefficient (Wildman–Crippen LogP) is 3.09. The largest absolute Gasteiger partial charge is 0.496 e. The molecule has 0 heterocycles. The quantitative estimate of drug-likeness (QED) is 0.831. The van der Waals surface area contributed by atoms with Crippen molar-refractivity contribution in [3.63, 3.8) is 0 Å². The summed E-state index contributed by atoms with van der Waals surface area (Å²) in [5.74, 6) is 0.814. The van der Waals surface area contributed by atoms with Crippen molar-refractivity contribution >= 4 is 23.2 Å². The van der Waals surface area contributed by atoms with Crippen LogP contribution in [0.5, 0.6) is 5.75 Å². The third kappa shape index (κ3) is 3.00. The van der Waals surface area contributed by atoms with E-state index in [0.29, 0.717) is 5.56 Å². The highest BCUT2D eigenvalue weighted by atomic mass is 35.5. The number of aliphatic hydroxyl groups excluding tert-OH is 1. The van der Waals surface area contributed by atoms with E-state index in [2.05, 4.69) is 0 Å². The monoisotopic (exact) mass is 248 g/mol. The number of alkyl halides is 2. The van der Waals surface area contributed by atoms with Crippen LogP contribution in [0.3, 0.4) is 0 Å². The first kappa shape index (κ1) is 12.6. The van der Waals surface area contributed by atoms with Gasteiger partial charge in [0.2, 0.25) is 0 Å². The number of ether oxygens (including phenoxy) is 1. The van der Waals surface area contributed by atoms with Gasteiger partial charge in [0.1, 0.15) is 16.7 Å². The number of methoxy groups -OCH3 is 1. The summed E-state index contributed by atoms with van der Waals surface area (Å²) in [4.78, 5) is -0.817. The molecule has 1 unspecified atom stereocenters. The molecule has 0 aliphatic heterocycles. The Labute approximate surface area is 99.8 Å². The summed E-state index contributed by atoms with van der Waals surface area (Å²) >= 11 is 11.2. The van der Waals surface area contributed by atoms with Gasteiger partial charge < -0.3 is 9.84 Å². The summed E-state index contributed by atoms with van der Waals surface area (Å²) < 4.78 is 5.18.